The third kappa shape index (κ3) is 3.62. The highest BCUT2D eigenvalue weighted by molar-refractivity contribution is 6.07. The Balaban J connectivity index is 2.71. The Bertz CT molecular complexity index is 826. The number of carbonyl (C=O) groups excluding carboxylic acids is 1. The second-order valence-corrected chi connectivity index (χ2v) is 5.97. The molecule has 1 heterocycles. The fourth-order valence-corrected chi connectivity index (χ4v) is 2.83. The molecule has 0 atom stereocenters. The number of benzene rings is 1. The zero-order valence-electron chi connectivity index (χ0n) is 15.6. The number of hydrogen-bond acceptors (Lipinski definition) is 4. The highest BCUT2D eigenvalue weighted by Gasteiger charge is 2.20. The van der Waals surface area contributed by atoms with E-state index in [2.05, 4.69) is 6.92 Å². The van der Waals surface area contributed by atoms with Crippen LogP contribution in [0.2, 0.25) is 0 Å². The van der Waals surface area contributed by atoms with E-state index in [9.17, 15) is 9.59 Å². The molecule has 2 rings (SSSR count). The molecule has 0 aliphatic carbocycles. The number of aryl methyl sites for hydroxylation is 1. The average molecular weight is 346 g/mol. The summed E-state index contributed by atoms with van der Waals surface area (Å²) in [6.07, 6.45) is 3.59. The van der Waals surface area contributed by atoms with E-state index >= 15 is 0 Å². The number of fused-ring (bicyclic) bond motifs is 1. The quantitative estimate of drug-likeness (QED) is 0.773. The molecule has 0 saturated heterocycles. The highest BCUT2D eigenvalue weighted by atomic mass is 16.5. The Morgan fingerprint density at radius 2 is 1.72 bits per heavy atom. The van der Waals surface area contributed by atoms with Gasteiger partial charge in [-0.3, -0.25) is 9.59 Å². The summed E-state index contributed by atoms with van der Waals surface area (Å²) in [7, 11) is 4.84. The van der Waals surface area contributed by atoms with Crippen molar-refractivity contribution in [2.45, 2.75) is 33.2 Å². The molecular formula is C19H26N2O4. The van der Waals surface area contributed by atoms with Crippen LogP contribution in [0.15, 0.2) is 23.1 Å². The number of carbonyl (C=O) groups is 1. The summed E-state index contributed by atoms with van der Waals surface area (Å²) in [6.45, 7) is 5.13. The van der Waals surface area contributed by atoms with E-state index in [0.29, 0.717) is 40.9 Å². The van der Waals surface area contributed by atoms with E-state index in [1.54, 1.807) is 34.8 Å². The van der Waals surface area contributed by atoms with Crippen LogP contribution in [0.3, 0.4) is 0 Å². The predicted molar refractivity (Wildman–Crippen MR) is 98.9 cm³/mol. The molecule has 2 aromatic rings. The van der Waals surface area contributed by atoms with Crippen molar-refractivity contribution in [3.63, 3.8) is 0 Å². The molecule has 1 aromatic carbocycles. The molecule has 25 heavy (non-hydrogen) atoms. The molecule has 0 bridgehead atoms. The minimum Gasteiger partial charge on any atom is -0.493 e. The number of nitrogens with zero attached hydrogens (tertiary/aromatic N) is 2. The van der Waals surface area contributed by atoms with Crippen molar-refractivity contribution in [3.8, 4) is 11.5 Å². The molecule has 0 fully saturated rings. The summed E-state index contributed by atoms with van der Waals surface area (Å²) >= 11 is 0. The first-order valence-corrected chi connectivity index (χ1v) is 8.53. The van der Waals surface area contributed by atoms with Gasteiger partial charge in [0.15, 0.2) is 11.5 Å². The lowest BCUT2D eigenvalue weighted by Crippen LogP contribution is -2.30. The average Bonchev–Trinajstić information content (AvgIpc) is 2.64. The molecule has 1 amide bonds. The molecule has 6 heteroatoms. The standard InChI is InChI=1S/C19H26N2O4/c1-6-8-9-20(3)18(22)15-12-21(7-2)19(23)14-11-17(25-5)16(24-4)10-13(14)15/h10-12H,6-9H2,1-5H3. The maximum absolute atomic E-state index is 12.9. The second kappa shape index (κ2) is 8.05. The molecule has 6 nitrogen and oxygen atoms in total. The van der Waals surface area contributed by atoms with Crippen LogP contribution in [-0.2, 0) is 6.54 Å². The van der Waals surface area contributed by atoms with Crippen molar-refractivity contribution < 1.29 is 14.3 Å². The normalized spacial score (nSPS) is 10.8. The van der Waals surface area contributed by atoms with Gasteiger partial charge in [-0.15, -0.1) is 0 Å². The number of amides is 1. The van der Waals surface area contributed by atoms with E-state index in [1.807, 2.05) is 6.92 Å². The van der Waals surface area contributed by atoms with Gasteiger partial charge in [0.25, 0.3) is 11.5 Å². The Labute approximate surface area is 148 Å². The molecule has 0 spiro atoms. The number of rotatable bonds is 7. The van der Waals surface area contributed by atoms with Gasteiger partial charge in [-0.05, 0) is 25.5 Å². The first kappa shape index (κ1) is 18.8. The number of hydrogen-bond donors (Lipinski definition) is 0. The maximum Gasteiger partial charge on any atom is 0.258 e. The fourth-order valence-electron chi connectivity index (χ4n) is 2.83. The van der Waals surface area contributed by atoms with Crippen LogP contribution < -0.4 is 15.0 Å². The Kier molecular flexibility index (Phi) is 6.07. The van der Waals surface area contributed by atoms with Crippen molar-refractivity contribution >= 4 is 16.7 Å². The largest absolute Gasteiger partial charge is 0.493 e. The van der Waals surface area contributed by atoms with Gasteiger partial charge in [-0.25, -0.2) is 0 Å². The molecule has 0 radical (unpaired) electrons. The van der Waals surface area contributed by atoms with Crippen molar-refractivity contribution in [1.29, 1.82) is 0 Å². The molecule has 0 aliphatic heterocycles. The highest BCUT2D eigenvalue weighted by Crippen LogP contribution is 2.32. The zero-order valence-corrected chi connectivity index (χ0v) is 15.6. The first-order valence-electron chi connectivity index (χ1n) is 8.53. The molecule has 136 valence electrons. The van der Waals surface area contributed by atoms with Crippen LogP contribution in [0.1, 0.15) is 37.0 Å². The second-order valence-electron chi connectivity index (χ2n) is 5.97. The summed E-state index contributed by atoms with van der Waals surface area (Å²) in [4.78, 5) is 27.3. The van der Waals surface area contributed by atoms with Crippen molar-refractivity contribution in [2.24, 2.45) is 0 Å². The van der Waals surface area contributed by atoms with Crippen molar-refractivity contribution in [2.75, 3.05) is 27.8 Å². The SMILES string of the molecule is CCCCN(C)C(=O)c1cn(CC)c(=O)c2cc(OC)c(OC)cc12. The number of ether oxygens (including phenoxy) is 2. The summed E-state index contributed by atoms with van der Waals surface area (Å²) < 4.78 is 12.2. The van der Waals surface area contributed by atoms with Gasteiger partial charge in [0.05, 0.1) is 25.2 Å². The van der Waals surface area contributed by atoms with E-state index in [0.717, 1.165) is 12.8 Å². The van der Waals surface area contributed by atoms with Crippen LogP contribution >= 0.6 is 0 Å². The maximum atomic E-state index is 12.9. The fraction of sp³-hybridized carbons (Fsp3) is 0.474. The Hall–Kier alpha value is -2.50. The van der Waals surface area contributed by atoms with E-state index in [4.69, 9.17) is 9.47 Å². The van der Waals surface area contributed by atoms with Crippen molar-refractivity contribution in [3.05, 3.63) is 34.2 Å². The molecule has 0 N–H and O–H groups in total. The van der Waals surface area contributed by atoms with Crippen LogP contribution in [0.5, 0.6) is 11.5 Å². The van der Waals surface area contributed by atoms with Crippen molar-refractivity contribution in [1.82, 2.24) is 9.47 Å². The topological polar surface area (TPSA) is 60.8 Å². The summed E-state index contributed by atoms with van der Waals surface area (Å²) in [5.74, 6) is 0.862. The smallest absolute Gasteiger partial charge is 0.258 e. The first-order chi connectivity index (χ1) is 12.0. The minimum absolute atomic E-state index is 0.104. The van der Waals surface area contributed by atoms with Gasteiger partial charge < -0.3 is 18.9 Å². The molecule has 1 aromatic heterocycles. The predicted octanol–water partition coefficient (Wildman–Crippen LogP) is 2.91. The monoisotopic (exact) mass is 346 g/mol. The summed E-state index contributed by atoms with van der Waals surface area (Å²) in [6, 6.07) is 3.35. The Morgan fingerprint density at radius 1 is 1.12 bits per heavy atom. The van der Waals surface area contributed by atoms with Crippen LogP contribution in [0, 0.1) is 0 Å². The third-order valence-electron chi connectivity index (χ3n) is 4.35. The molecule has 0 aliphatic rings. The van der Waals surface area contributed by atoms with Crippen LogP contribution in [0.25, 0.3) is 10.8 Å². The number of aromatic nitrogens is 1. The van der Waals surface area contributed by atoms with Gasteiger partial charge >= 0.3 is 0 Å². The van der Waals surface area contributed by atoms with Crippen LogP contribution in [0.4, 0.5) is 0 Å². The third-order valence-corrected chi connectivity index (χ3v) is 4.35. The molecule has 0 saturated carbocycles. The van der Waals surface area contributed by atoms with Gasteiger partial charge in [-0.2, -0.15) is 0 Å². The van der Waals surface area contributed by atoms with Gasteiger partial charge in [0.1, 0.15) is 0 Å². The number of pyridine rings is 1. The van der Waals surface area contributed by atoms with Gasteiger partial charge in [-0.1, -0.05) is 13.3 Å². The van der Waals surface area contributed by atoms with E-state index in [1.165, 1.54) is 14.2 Å². The minimum atomic E-state index is -0.147. The lowest BCUT2D eigenvalue weighted by molar-refractivity contribution is 0.0794. The van der Waals surface area contributed by atoms with Crippen LogP contribution in [-0.4, -0.2) is 43.2 Å². The lowest BCUT2D eigenvalue weighted by Gasteiger charge is -2.19. The molecular weight excluding hydrogens is 320 g/mol. The van der Waals surface area contributed by atoms with E-state index < -0.39 is 0 Å². The van der Waals surface area contributed by atoms with Gasteiger partial charge in [0.2, 0.25) is 0 Å². The number of unbranched alkanes of at least 4 members (excludes halogenated alkanes) is 1. The molecule has 0 unspecified atom stereocenters. The van der Waals surface area contributed by atoms with E-state index in [-0.39, 0.29) is 11.5 Å². The summed E-state index contributed by atoms with van der Waals surface area (Å²) in [5.41, 5.74) is 0.349. The van der Waals surface area contributed by atoms with Gasteiger partial charge in [0, 0.05) is 31.7 Å². The number of methoxy groups -OCH3 is 2. The summed E-state index contributed by atoms with van der Waals surface area (Å²) in [5, 5.41) is 1.04. The zero-order chi connectivity index (χ0) is 18.6. The Morgan fingerprint density at radius 3 is 2.24 bits per heavy atom. The lowest BCUT2D eigenvalue weighted by atomic mass is 10.0.